The molecule has 140 valence electrons. The van der Waals surface area contributed by atoms with E-state index in [4.69, 9.17) is 10.00 Å². The fourth-order valence-corrected chi connectivity index (χ4v) is 2.91. The first-order valence-corrected chi connectivity index (χ1v) is 7.89. The fourth-order valence-electron chi connectivity index (χ4n) is 2.91. The number of nitrogens with one attached hydrogen (secondary N) is 1. The molecule has 1 aromatic carbocycles. The molecule has 0 fully saturated rings. The second-order valence-corrected chi connectivity index (χ2v) is 5.76. The molecule has 1 aliphatic rings. The number of carbonyl (C=O) groups excluding carboxylic acids is 1. The van der Waals surface area contributed by atoms with Crippen molar-refractivity contribution in [1.82, 2.24) is 5.32 Å². The number of carbonyl (C=O) groups is 1. The number of nitro groups is 2. The minimum absolute atomic E-state index is 0.0225. The lowest BCUT2D eigenvalue weighted by atomic mass is 9.84. The van der Waals surface area contributed by atoms with Crippen LogP contribution in [0, 0.1) is 31.6 Å². The third-order valence-electron chi connectivity index (χ3n) is 4.00. The summed E-state index contributed by atoms with van der Waals surface area (Å²) in [6.07, 6.45) is -0.0239. The summed E-state index contributed by atoms with van der Waals surface area (Å²) >= 11 is 0. The van der Waals surface area contributed by atoms with Gasteiger partial charge in [0.1, 0.15) is 12.5 Å². The van der Waals surface area contributed by atoms with E-state index in [1.54, 1.807) is 6.92 Å². The third kappa shape index (κ3) is 4.09. The Hall–Kier alpha value is -3.74. The number of esters is 1. The maximum atomic E-state index is 12.6. The molecule has 0 saturated carbocycles. The Bertz CT molecular complexity index is 912. The minimum Gasteiger partial charge on any atom is -0.461 e. The Morgan fingerprint density at radius 2 is 1.96 bits per heavy atom. The SMILES string of the molecule is CC1=C(C(=O)OCCC#N)C(c2cccc([N+](=O)[O-])c2)C([N+](=O)[O-])=C(C)N1. The van der Waals surface area contributed by atoms with Crippen molar-refractivity contribution in [3.63, 3.8) is 0 Å². The fraction of sp³-hybridized carbons (Fsp3) is 0.294. The lowest BCUT2D eigenvalue weighted by molar-refractivity contribution is -0.431. The topological polar surface area (TPSA) is 148 Å². The number of rotatable bonds is 6. The summed E-state index contributed by atoms with van der Waals surface area (Å²) in [5.74, 6) is -1.96. The van der Waals surface area contributed by atoms with Gasteiger partial charge >= 0.3 is 5.97 Å². The maximum Gasteiger partial charge on any atom is 0.337 e. The summed E-state index contributed by atoms with van der Waals surface area (Å²) in [6, 6.07) is 7.17. The van der Waals surface area contributed by atoms with Crippen LogP contribution in [0.3, 0.4) is 0 Å². The van der Waals surface area contributed by atoms with Gasteiger partial charge in [0.15, 0.2) is 0 Å². The zero-order chi connectivity index (χ0) is 20.1. The molecule has 0 aliphatic carbocycles. The lowest BCUT2D eigenvalue weighted by Crippen LogP contribution is -2.31. The highest BCUT2D eigenvalue weighted by atomic mass is 16.6. The summed E-state index contributed by atoms with van der Waals surface area (Å²) in [5.41, 5.74) is 0.225. The van der Waals surface area contributed by atoms with Gasteiger partial charge in [-0.1, -0.05) is 12.1 Å². The third-order valence-corrected chi connectivity index (χ3v) is 4.00. The van der Waals surface area contributed by atoms with Crippen LogP contribution < -0.4 is 5.32 Å². The first-order valence-electron chi connectivity index (χ1n) is 7.89. The average molecular weight is 372 g/mol. The first kappa shape index (κ1) is 19.6. The molecule has 1 aliphatic heterocycles. The Kier molecular flexibility index (Phi) is 5.87. The van der Waals surface area contributed by atoms with E-state index < -0.39 is 21.7 Å². The summed E-state index contributed by atoms with van der Waals surface area (Å²) in [7, 11) is 0. The number of nitriles is 1. The van der Waals surface area contributed by atoms with Crippen LogP contribution in [-0.2, 0) is 9.53 Å². The van der Waals surface area contributed by atoms with Crippen LogP contribution >= 0.6 is 0 Å². The largest absolute Gasteiger partial charge is 0.461 e. The zero-order valence-electron chi connectivity index (χ0n) is 14.6. The molecule has 0 amide bonds. The zero-order valence-corrected chi connectivity index (χ0v) is 14.6. The molecular formula is C17H16N4O6. The van der Waals surface area contributed by atoms with Crippen LogP contribution in [0.15, 0.2) is 46.9 Å². The van der Waals surface area contributed by atoms with E-state index in [1.807, 2.05) is 6.07 Å². The van der Waals surface area contributed by atoms with Crippen molar-refractivity contribution in [3.05, 3.63) is 72.7 Å². The van der Waals surface area contributed by atoms with Gasteiger partial charge in [-0.2, -0.15) is 5.26 Å². The Morgan fingerprint density at radius 1 is 1.26 bits per heavy atom. The molecule has 0 aromatic heterocycles. The van der Waals surface area contributed by atoms with Crippen molar-refractivity contribution in [2.24, 2.45) is 0 Å². The molecule has 10 heteroatoms. The first-order chi connectivity index (χ1) is 12.8. The van der Waals surface area contributed by atoms with Crippen molar-refractivity contribution in [2.75, 3.05) is 6.61 Å². The number of benzene rings is 1. The van der Waals surface area contributed by atoms with E-state index in [-0.39, 0.29) is 41.2 Å². The number of non-ortho nitro benzene ring substituents is 1. The number of allylic oxidation sites excluding steroid dienone is 3. The smallest absolute Gasteiger partial charge is 0.337 e. The Morgan fingerprint density at radius 3 is 2.56 bits per heavy atom. The number of ether oxygens (including phenoxy) is 1. The van der Waals surface area contributed by atoms with Gasteiger partial charge in [0.2, 0.25) is 0 Å². The molecule has 1 aromatic rings. The van der Waals surface area contributed by atoms with E-state index in [1.165, 1.54) is 31.2 Å². The van der Waals surface area contributed by atoms with Crippen molar-refractivity contribution in [2.45, 2.75) is 26.2 Å². The predicted octanol–water partition coefficient (Wildman–Crippen LogP) is 2.52. The summed E-state index contributed by atoms with van der Waals surface area (Å²) in [6.45, 7) is 2.89. The van der Waals surface area contributed by atoms with Crippen molar-refractivity contribution in [1.29, 1.82) is 5.26 Å². The number of hydrogen-bond acceptors (Lipinski definition) is 8. The quantitative estimate of drug-likeness (QED) is 0.346. The van der Waals surface area contributed by atoms with Crippen LogP contribution in [0.5, 0.6) is 0 Å². The van der Waals surface area contributed by atoms with E-state index in [0.29, 0.717) is 5.70 Å². The van der Waals surface area contributed by atoms with E-state index in [0.717, 1.165) is 0 Å². The number of dihydropyridines is 1. The summed E-state index contributed by atoms with van der Waals surface area (Å²) in [5, 5.41) is 34.1. The number of hydrogen-bond donors (Lipinski definition) is 1. The molecule has 1 atom stereocenters. The molecular weight excluding hydrogens is 356 g/mol. The maximum absolute atomic E-state index is 12.6. The molecule has 1 heterocycles. The molecule has 2 rings (SSSR count). The monoisotopic (exact) mass is 372 g/mol. The molecule has 1 unspecified atom stereocenters. The van der Waals surface area contributed by atoms with Gasteiger partial charge in [0.05, 0.1) is 33.6 Å². The van der Waals surface area contributed by atoms with Gasteiger partial charge in [0, 0.05) is 17.8 Å². The molecule has 0 radical (unpaired) electrons. The summed E-state index contributed by atoms with van der Waals surface area (Å²) < 4.78 is 5.05. The van der Waals surface area contributed by atoms with Crippen LogP contribution in [0.2, 0.25) is 0 Å². The molecule has 10 nitrogen and oxygen atoms in total. The van der Waals surface area contributed by atoms with Crippen LogP contribution in [0.1, 0.15) is 31.7 Å². The van der Waals surface area contributed by atoms with Crippen LogP contribution in [0.25, 0.3) is 0 Å². The van der Waals surface area contributed by atoms with Gasteiger partial charge in [-0.3, -0.25) is 20.2 Å². The van der Waals surface area contributed by atoms with E-state index in [2.05, 4.69) is 5.32 Å². The summed E-state index contributed by atoms with van der Waals surface area (Å²) in [4.78, 5) is 34.1. The minimum atomic E-state index is -1.14. The second-order valence-electron chi connectivity index (χ2n) is 5.76. The Labute approximate surface area is 154 Å². The normalized spacial score (nSPS) is 16.4. The molecule has 0 bridgehead atoms. The standard InChI is InChI=1S/C17H16N4O6/c1-10-14(17(22)27-8-4-7-18)15(16(21(25)26)11(2)19-10)12-5-3-6-13(9-12)20(23)24/h3,5-6,9,15,19H,4,8H2,1-2H3. The molecule has 0 spiro atoms. The Balaban J connectivity index is 2.59. The van der Waals surface area contributed by atoms with E-state index >= 15 is 0 Å². The number of nitro benzene ring substituents is 1. The van der Waals surface area contributed by atoms with Crippen molar-refractivity contribution in [3.8, 4) is 6.07 Å². The molecule has 1 N–H and O–H groups in total. The molecule has 27 heavy (non-hydrogen) atoms. The van der Waals surface area contributed by atoms with Gasteiger partial charge in [-0.25, -0.2) is 4.79 Å². The average Bonchev–Trinajstić information content (AvgIpc) is 2.60. The predicted molar refractivity (Wildman–Crippen MR) is 92.6 cm³/mol. The lowest BCUT2D eigenvalue weighted by Gasteiger charge is -2.26. The second kappa shape index (κ2) is 8.09. The van der Waals surface area contributed by atoms with Gasteiger partial charge in [-0.05, 0) is 19.4 Å². The van der Waals surface area contributed by atoms with E-state index in [9.17, 15) is 25.0 Å². The molecule has 0 saturated heterocycles. The highest BCUT2D eigenvalue weighted by molar-refractivity contribution is 5.92. The van der Waals surface area contributed by atoms with Gasteiger partial charge < -0.3 is 10.1 Å². The highest BCUT2D eigenvalue weighted by Crippen LogP contribution is 2.39. The number of nitrogens with zero attached hydrogens (tertiary/aromatic N) is 3. The highest BCUT2D eigenvalue weighted by Gasteiger charge is 2.41. The van der Waals surface area contributed by atoms with Crippen molar-refractivity contribution < 1.29 is 19.4 Å². The van der Waals surface area contributed by atoms with Crippen molar-refractivity contribution >= 4 is 11.7 Å². The van der Waals surface area contributed by atoms with Crippen LogP contribution in [0.4, 0.5) is 5.69 Å². The van der Waals surface area contributed by atoms with Gasteiger partial charge in [0.25, 0.3) is 11.4 Å². The van der Waals surface area contributed by atoms with Crippen LogP contribution in [-0.4, -0.2) is 22.4 Å². The van der Waals surface area contributed by atoms with Gasteiger partial charge in [-0.15, -0.1) is 0 Å².